The molecule has 0 aliphatic heterocycles. The number of benzene rings is 1. The Morgan fingerprint density at radius 3 is 2.71 bits per heavy atom. The van der Waals surface area contributed by atoms with E-state index in [1.54, 1.807) is 0 Å². The second kappa shape index (κ2) is 5.72. The summed E-state index contributed by atoms with van der Waals surface area (Å²) in [5, 5.41) is 8.97. The molecule has 0 spiro atoms. The van der Waals surface area contributed by atoms with Crippen LogP contribution in [0, 0.1) is 6.26 Å². The van der Waals surface area contributed by atoms with Crippen LogP contribution < -0.4 is 4.74 Å². The van der Waals surface area contributed by atoms with Gasteiger partial charge in [0.2, 0.25) is 0 Å². The summed E-state index contributed by atoms with van der Waals surface area (Å²) in [5.41, 5.74) is 0. The number of rotatable bonds is 5. The second-order valence-electron chi connectivity index (χ2n) is 3.39. The molecule has 0 N–H and O–H groups in total. The van der Waals surface area contributed by atoms with Crippen molar-refractivity contribution in [3.63, 3.8) is 0 Å². The van der Waals surface area contributed by atoms with E-state index in [1.807, 2.05) is 34.9 Å². The minimum atomic E-state index is 0.422. The van der Waals surface area contributed by atoms with Gasteiger partial charge in [0.15, 0.2) is 11.0 Å². The van der Waals surface area contributed by atoms with E-state index in [-0.39, 0.29) is 0 Å². The number of nitrogens with zero attached hydrogens (tertiary/aromatic N) is 3. The maximum absolute atomic E-state index is 5.64. The maximum atomic E-state index is 5.64. The third kappa shape index (κ3) is 2.79. The quantitative estimate of drug-likeness (QED) is 0.763. The van der Waals surface area contributed by atoms with Crippen LogP contribution in [0.2, 0.25) is 0 Å². The first-order valence-corrected chi connectivity index (χ1v) is 6.35. The van der Waals surface area contributed by atoms with Gasteiger partial charge in [0.1, 0.15) is 12.4 Å². The van der Waals surface area contributed by atoms with Crippen molar-refractivity contribution in [3.8, 4) is 5.75 Å². The molecule has 4 nitrogen and oxygen atoms in total. The predicted octanol–water partition coefficient (Wildman–Crippen LogP) is 2.76. The number of hydrogen-bond acceptors (Lipinski definition) is 4. The average Bonchev–Trinajstić information content (AvgIpc) is 2.79. The highest BCUT2D eigenvalue weighted by atomic mass is 32.2. The van der Waals surface area contributed by atoms with Crippen molar-refractivity contribution in [2.45, 2.75) is 25.2 Å². The minimum absolute atomic E-state index is 0.422. The number of aromatic nitrogens is 3. The standard InChI is InChI=1S/C12H14N3OS/c1-3-15-11(13-14-12(15)17-2)9-16-10-7-5-4-6-8-10/h4-8H,2-3,9H2,1H3. The van der Waals surface area contributed by atoms with E-state index in [0.717, 1.165) is 23.3 Å². The molecule has 0 aliphatic carbocycles. The lowest BCUT2D eigenvalue weighted by molar-refractivity contribution is 0.288. The molecule has 0 aliphatic rings. The van der Waals surface area contributed by atoms with Crippen molar-refractivity contribution in [2.24, 2.45) is 0 Å². The highest BCUT2D eigenvalue weighted by Gasteiger charge is 2.09. The Morgan fingerprint density at radius 1 is 1.29 bits per heavy atom. The van der Waals surface area contributed by atoms with Crippen molar-refractivity contribution in [1.82, 2.24) is 14.8 Å². The van der Waals surface area contributed by atoms with E-state index >= 15 is 0 Å². The Hall–Kier alpha value is -1.49. The SMILES string of the molecule is [CH2]Sc1nnc(COc2ccccc2)n1CC. The molecule has 0 saturated heterocycles. The number of ether oxygens (including phenoxy) is 1. The summed E-state index contributed by atoms with van der Waals surface area (Å²) in [7, 11) is 0. The molecule has 1 aromatic carbocycles. The monoisotopic (exact) mass is 248 g/mol. The van der Waals surface area contributed by atoms with Gasteiger partial charge in [0.05, 0.1) is 0 Å². The van der Waals surface area contributed by atoms with Gasteiger partial charge in [-0.3, -0.25) is 0 Å². The van der Waals surface area contributed by atoms with Gasteiger partial charge in [-0.1, -0.05) is 30.0 Å². The molecule has 89 valence electrons. The van der Waals surface area contributed by atoms with E-state index in [9.17, 15) is 0 Å². The first-order chi connectivity index (χ1) is 8.35. The normalized spacial score (nSPS) is 10.5. The lowest BCUT2D eigenvalue weighted by atomic mass is 10.3. The topological polar surface area (TPSA) is 39.9 Å². The van der Waals surface area contributed by atoms with Gasteiger partial charge >= 0.3 is 0 Å². The summed E-state index contributed by atoms with van der Waals surface area (Å²) >= 11 is 1.35. The van der Waals surface area contributed by atoms with Crippen molar-refractivity contribution >= 4 is 11.8 Å². The molecule has 0 atom stereocenters. The van der Waals surface area contributed by atoms with Gasteiger partial charge in [0.25, 0.3) is 0 Å². The number of para-hydroxylation sites is 1. The van der Waals surface area contributed by atoms with Crippen molar-refractivity contribution in [1.29, 1.82) is 0 Å². The molecule has 0 saturated carbocycles. The lowest BCUT2D eigenvalue weighted by Gasteiger charge is -2.07. The van der Waals surface area contributed by atoms with Crippen LogP contribution in [0.4, 0.5) is 0 Å². The van der Waals surface area contributed by atoms with Crippen LogP contribution in [-0.2, 0) is 13.2 Å². The maximum Gasteiger partial charge on any atom is 0.191 e. The predicted molar refractivity (Wildman–Crippen MR) is 67.7 cm³/mol. The van der Waals surface area contributed by atoms with Gasteiger partial charge < -0.3 is 9.30 Å². The Bertz CT molecular complexity index is 470. The molecule has 5 heteroatoms. The number of hydrogen-bond donors (Lipinski definition) is 0. The second-order valence-corrected chi connectivity index (χ2v) is 4.04. The van der Waals surface area contributed by atoms with Gasteiger partial charge in [0, 0.05) is 12.8 Å². The summed E-state index contributed by atoms with van der Waals surface area (Å²) in [6.45, 7) is 3.29. The smallest absolute Gasteiger partial charge is 0.191 e. The molecule has 1 heterocycles. The molecule has 17 heavy (non-hydrogen) atoms. The molecule has 0 bridgehead atoms. The minimum Gasteiger partial charge on any atom is -0.486 e. The van der Waals surface area contributed by atoms with Gasteiger partial charge in [-0.15, -0.1) is 10.2 Å². The molecular weight excluding hydrogens is 234 g/mol. The van der Waals surface area contributed by atoms with E-state index in [2.05, 4.69) is 23.4 Å². The van der Waals surface area contributed by atoms with Crippen LogP contribution in [0.25, 0.3) is 0 Å². The fraction of sp³-hybridized carbons (Fsp3) is 0.250. The van der Waals surface area contributed by atoms with Crippen LogP contribution in [0.5, 0.6) is 5.75 Å². The zero-order chi connectivity index (χ0) is 12.1. The molecule has 1 aromatic heterocycles. The summed E-state index contributed by atoms with van der Waals surface area (Å²) in [6, 6.07) is 9.68. The van der Waals surface area contributed by atoms with Crippen LogP contribution >= 0.6 is 11.8 Å². The summed E-state index contributed by atoms with van der Waals surface area (Å²) in [6.07, 6.45) is 3.75. The average molecular weight is 248 g/mol. The zero-order valence-corrected chi connectivity index (χ0v) is 10.5. The highest BCUT2D eigenvalue weighted by Crippen LogP contribution is 2.16. The summed E-state index contributed by atoms with van der Waals surface area (Å²) in [5.74, 6) is 1.66. The Labute approximate surface area is 105 Å². The number of thioether (sulfide) groups is 1. The van der Waals surface area contributed by atoms with Gasteiger partial charge in [-0.2, -0.15) is 0 Å². The van der Waals surface area contributed by atoms with Gasteiger partial charge in [-0.25, -0.2) is 0 Å². The van der Waals surface area contributed by atoms with E-state index in [0.29, 0.717) is 6.61 Å². The summed E-state index contributed by atoms with van der Waals surface area (Å²) < 4.78 is 7.64. The summed E-state index contributed by atoms with van der Waals surface area (Å²) in [4.78, 5) is 0. The molecule has 0 fully saturated rings. The van der Waals surface area contributed by atoms with Crippen LogP contribution in [0.3, 0.4) is 0 Å². The fourth-order valence-electron chi connectivity index (χ4n) is 1.51. The lowest BCUT2D eigenvalue weighted by Crippen LogP contribution is -2.06. The first kappa shape index (κ1) is 12.0. The zero-order valence-electron chi connectivity index (χ0n) is 9.67. The van der Waals surface area contributed by atoms with Crippen molar-refractivity contribution in [3.05, 3.63) is 42.4 Å². The Balaban J connectivity index is 2.06. The molecule has 2 aromatic rings. The fourth-order valence-corrected chi connectivity index (χ4v) is 2.00. The van der Waals surface area contributed by atoms with Crippen molar-refractivity contribution < 1.29 is 4.74 Å². The highest BCUT2D eigenvalue weighted by molar-refractivity contribution is 8.00. The van der Waals surface area contributed by atoms with E-state index < -0.39 is 0 Å². The largest absolute Gasteiger partial charge is 0.486 e. The molecule has 1 radical (unpaired) electrons. The van der Waals surface area contributed by atoms with E-state index in [1.165, 1.54) is 11.8 Å². The van der Waals surface area contributed by atoms with E-state index in [4.69, 9.17) is 4.74 Å². The van der Waals surface area contributed by atoms with Crippen LogP contribution in [-0.4, -0.2) is 14.8 Å². The Morgan fingerprint density at radius 2 is 2.06 bits per heavy atom. The van der Waals surface area contributed by atoms with Crippen molar-refractivity contribution in [2.75, 3.05) is 0 Å². The first-order valence-electron chi connectivity index (χ1n) is 5.37. The van der Waals surface area contributed by atoms with Crippen LogP contribution in [0.15, 0.2) is 35.5 Å². The molecule has 2 rings (SSSR count). The molecule has 0 unspecified atom stereocenters. The third-order valence-corrected chi connectivity index (χ3v) is 2.91. The van der Waals surface area contributed by atoms with Crippen LogP contribution in [0.1, 0.15) is 12.7 Å². The molecule has 0 amide bonds. The van der Waals surface area contributed by atoms with Gasteiger partial charge in [-0.05, 0) is 19.1 Å². The molecular formula is C12H14N3OS. The third-order valence-electron chi connectivity index (χ3n) is 2.35. The Kier molecular flexibility index (Phi) is 4.03.